The van der Waals surface area contributed by atoms with Crippen LogP contribution < -0.4 is 10.3 Å². The van der Waals surface area contributed by atoms with Crippen LogP contribution in [0.1, 0.15) is 22.7 Å². The van der Waals surface area contributed by atoms with Crippen molar-refractivity contribution in [3.63, 3.8) is 0 Å². The Morgan fingerprint density at radius 1 is 1.44 bits per heavy atom. The van der Waals surface area contributed by atoms with Crippen LogP contribution in [0, 0.1) is 12.7 Å². The quantitative estimate of drug-likeness (QED) is 0.856. The zero-order valence-electron chi connectivity index (χ0n) is 13.7. The number of aryl methyl sites for hydroxylation is 1. The zero-order valence-corrected chi connectivity index (χ0v) is 13.7. The molecule has 2 heterocycles. The lowest BCUT2D eigenvalue weighted by Gasteiger charge is -2.23. The van der Waals surface area contributed by atoms with Crippen LogP contribution in [0.3, 0.4) is 0 Å². The molecule has 7 nitrogen and oxygen atoms in total. The van der Waals surface area contributed by atoms with E-state index in [2.05, 4.69) is 9.97 Å². The van der Waals surface area contributed by atoms with Crippen molar-refractivity contribution >= 4 is 5.91 Å². The summed E-state index contributed by atoms with van der Waals surface area (Å²) in [5.74, 6) is 0.00712. The summed E-state index contributed by atoms with van der Waals surface area (Å²) in [5, 5.41) is 10.6. The summed E-state index contributed by atoms with van der Waals surface area (Å²) in [4.78, 5) is 31.9. The molecule has 1 aromatic carbocycles. The molecule has 1 aliphatic heterocycles. The van der Waals surface area contributed by atoms with Crippen LogP contribution >= 0.6 is 0 Å². The minimum Gasteiger partial charge on any atom is -0.491 e. The fourth-order valence-electron chi connectivity index (χ4n) is 2.75. The first-order valence-electron chi connectivity index (χ1n) is 7.83. The summed E-state index contributed by atoms with van der Waals surface area (Å²) in [7, 11) is 0. The number of benzene rings is 1. The van der Waals surface area contributed by atoms with E-state index < -0.39 is 17.1 Å². The van der Waals surface area contributed by atoms with E-state index >= 15 is 0 Å². The van der Waals surface area contributed by atoms with Gasteiger partial charge in [-0.2, -0.15) is 0 Å². The molecule has 1 saturated heterocycles. The third-order valence-corrected chi connectivity index (χ3v) is 4.02. The highest BCUT2D eigenvalue weighted by Gasteiger charge is 2.39. The number of hydrogen-bond donors (Lipinski definition) is 2. The highest BCUT2D eigenvalue weighted by Crippen LogP contribution is 2.24. The molecular weight excluding hydrogens is 329 g/mol. The highest BCUT2D eigenvalue weighted by molar-refractivity contribution is 5.92. The second-order valence-corrected chi connectivity index (χ2v) is 6.16. The summed E-state index contributed by atoms with van der Waals surface area (Å²) in [6.45, 7) is 1.97. The highest BCUT2D eigenvalue weighted by atomic mass is 19.1. The Bertz CT molecular complexity index is 837. The van der Waals surface area contributed by atoms with Gasteiger partial charge in [-0.3, -0.25) is 9.59 Å². The van der Waals surface area contributed by atoms with Gasteiger partial charge in [0.1, 0.15) is 35.3 Å². The van der Waals surface area contributed by atoms with Crippen molar-refractivity contribution in [1.82, 2.24) is 14.9 Å². The van der Waals surface area contributed by atoms with E-state index in [0.29, 0.717) is 24.5 Å². The summed E-state index contributed by atoms with van der Waals surface area (Å²) >= 11 is 0. The lowest BCUT2D eigenvalue weighted by Crippen LogP contribution is -2.41. The van der Waals surface area contributed by atoms with E-state index in [1.165, 1.54) is 29.2 Å². The molecule has 1 amide bonds. The number of likely N-dealkylation sites (tertiary alicyclic amines) is 1. The second kappa shape index (κ2) is 6.64. The average Bonchev–Trinajstić information content (AvgIpc) is 2.95. The summed E-state index contributed by atoms with van der Waals surface area (Å²) in [6.07, 6.45) is 0.335. The lowest BCUT2D eigenvalue weighted by molar-refractivity contribution is 0.00423. The fraction of sp³-hybridized carbons (Fsp3) is 0.353. The first-order chi connectivity index (χ1) is 11.8. The molecule has 2 N–H and O–H groups in total. The molecule has 0 radical (unpaired) electrons. The molecule has 0 spiro atoms. The Kier molecular flexibility index (Phi) is 4.54. The Balaban J connectivity index is 1.64. The maximum atomic E-state index is 12.9. The van der Waals surface area contributed by atoms with E-state index in [9.17, 15) is 19.1 Å². The van der Waals surface area contributed by atoms with Crippen molar-refractivity contribution in [1.29, 1.82) is 0 Å². The fourth-order valence-corrected chi connectivity index (χ4v) is 2.75. The molecule has 3 rings (SSSR count). The van der Waals surface area contributed by atoms with Gasteiger partial charge in [-0.05, 0) is 37.6 Å². The molecule has 0 unspecified atom stereocenters. The van der Waals surface area contributed by atoms with Crippen LogP contribution in [0.15, 0.2) is 35.1 Å². The average molecular weight is 347 g/mol. The van der Waals surface area contributed by atoms with E-state index in [0.717, 1.165) is 6.07 Å². The van der Waals surface area contributed by atoms with Crippen LogP contribution in [0.25, 0.3) is 0 Å². The number of rotatable bonds is 4. The Labute approximate surface area is 143 Å². The molecular formula is C17H18FN3O4. The van der Waals surface area contributed by atoms with Gasteiger partial charge in [-0.1, -0.05) is 0 Å². The number of nitrogens with zero attached hydrogens (tertiary/aromatic N) is 2. The first kappa shape index (κ1) is 17.1. The number of carbonyl (C=O) groups is 1. The smallest absolute Gasteiger partial charge is 0.272 e. The molecule has 0 aliphatic carbocycles. The Morgan fingerprint density at radius 2 is 2.16 bits per heavy atom. The van der Waals surface area contributed by atoms with Crippen LogP contribution in [-0.2, 0) is 0 Å². The van der Waals surface area contributed by atoms with Crippen molar-refractivity contribution < 1.29 is 19.0 Å². The number of hydrogen-bond acceptors (Lipinski definition) is 5. The summed E-state index contributed by atoms with van der Waals surface area (Å²) in [5.41, 5.74) is -1.56. The SMILES string of the molecule is Cc1nc(C(=O)N2CC[C@](O)(COc3ccc(F)cc3)C2)cc(=O)[nH]1. The van der Waals surface area contributed by atoms with Gasteiger partial charge in [0.25, 0.3) is 11.5 Å². The van der Waals surface area contributed by atoms with E-state index in [-0.39, 0.29) is 24.7 Å². The lowest BCUT2D eigenvalue weighted by atomic mass is 10.1. The third kappa shape index (κ3) is 4.03. The van der Waals surface area contributed by atoms with Gasteiger partial charge in [0, 0.05) is 12.6 Å². The largest absolute Gasteiger partial charge is 0.491 e. The number of aromatic nitrogens is 2. The minimum absolute atomic E-state index is 0.0236. The number of halogens is 1. The number of carbonyl (C=O) groups excluding carboxylic acids is 1. The number of aromatic amines is 1. The van der Waals surface area contributed by atoms with Crippen LogP contribution in [-0.4, -0.2) is 51.2 Å². The molecule has 0 saturated carbocycles. The van der Waals surface area contributed by atoms with Crippen LogP contribution in [0.5, 0.6) is 5.75 Å². The van der Waals surface area contributed by atoms with Gasteiger partial charge in [0.05, 0.1) is 6.54 Å². The van der Waals surface area contributed by atoms with E-state index in [1.807, 2.05) is 0 Å². The van der Waals surface area contributed by atoms with Gasteiger partial charge < -0.3 is 19.7 Å². The predicted molar refractivity (Wildman–Crippen MR) is 87.0 cm³/mol. The number of nitrogens with one attached hydrogen (secondary N) is 1. The number of β-amino-alcohol motifs (C(OH)–C–C–N with tert-alkyl or cyclic N) is 1. The van der Waals surface area contributed by atoms with Crippen molar-refractivity contribution in [2.24, 2.45) is 0 Å². The molecule has 25 heavy (non-hydrogen) atoms. The van der Waals surface area contributed by atoms with Crippen molar-refractivity contribution in [3.8, 4) is 5.75 Å². The molecule has 0 bridgehead atoms. The summed E-state index contributed by atoms with van der Waals surface area (Å²) < 4.78 is 18.4. The molecule has 8 heteroatoms. The van der Waals surface area contributed by atoms with Crippen molar-refractivity contribution in [2.75, 3.05) is 19.7 Å². The molecule has 1 aromatic heterocycles. The third-order valence-electron chi connectivity index (χ3n) is 4.02. The van der Waals surface area contributed by atoms with Gasteiger partial charge >= 0.3 is 0 Å². The van der Waals surface area contributed by atoms with Crippen LogP contribution in [0.4, 0.5) is 4.39 Å². The van der Waals surface area contributed by atoms with Gasteiger partial charge in [0.2, 0.25) is 0 Å². The van der Waals surface area contributed by atoms with E-state index in [4.69, 9.17) is 4.74 Å². The molecule has 132 valence electrons. The number of H-pyrrole nitrogens is 1. The van der Waals surface area contributed by atoms with Crippen molar-refractivity contribution in [2.45, 2.75) is 18.9 Å². The number of amides is 1. The van der Waals surface area contributed by atoms with E-state index in [1.54, 1.807) is 6.92 Å². The standard InChI is InChI=1S/C17H18FN3O4/c1-11-19-14(8-15(22)20-11)16(23)21-7-6-17(24,9-21)10-25-13-4-2-12(18)3-5-13/h2-5,8,24H,6-7,9-10H2,1H3,(H,19,20,22)/t17-/m1/s1. The first-order valence-corrected chi connectivity index (χ1v) is 7.83. The number of ether oxygens (including phenoxy) is 1. The Morgan fingerprint density at radius 3 is 2.84 bits per heavy atom. The molecule has 1 aliphatic rings. The minimum atomic E-state index is -1.21. The topological polar surface area (TPSA) is 95.5 Å². The monoisotopic (exact) mass is 347 g/mol. The normalized spacial score (nSPS) is 19.9. The zero-order chi connectivity index (χ0) is 18.0. The van der Waals surface area contributed by atoms with Crippen LogP contribution in [0.2, 0.25) is 0 Å². The van der Waals surface area contributed by atoms with Gasteiger partial charge in [-0.15, -0.1) is 0 Å². The molecule has 2 aromatic rings. The maximum absolute atomic E-state index is 12.9. The van der Waals surface area contributed by atoms with Gasteiger partial charge in [-0.25, -0.2) is 9.37 Å². The summed E-state index contributed by atoms with van der Waals surface area (Å²) in [6, 6.07) is 6.62. The molecule has 1 atom stereocenters. The number of aliphatic hydroxyl groups is 1. The van der Waals surface area contributed by atoms with Crippen molar-refractivity contribution in [3.05, 3.63) is 58.0 Å². The molecule has 1 fully saturated rings. The van der Waals surface area contributed by atoms with Gasteiger partial charge in [0.15, 0.2) is 0 Å². The maximum Gasteiger partial charge on any atom is 0.272 e. The predicted octanol–water partition coefficient (Wildman–Crippen LogP) is 0.873. The second-order valence-electron chi connectivity index (χ2n) is 6.16. The Hall–Kier alpha value is -2.74.